The van der Waals surface area contributed by atoms with Gasteiger partial charge in [0, 0.05) is 16.6 Å². The summed E-state index contributed by atoms with van der Waals surface area (Å²) in [7, 11) is 1.27. The van der Waals surface area contributed by atoms with E-state index in [1.807, 2.05) is 32.0 Å². The lowest BCUT2D eigenvalue weighted by atomic mass is 10.0. The molecule has 2 aromatic carbocycles. The van der Waals surface area contributed by atoms with Crippen molar-refractivity contribution in [2.75, 3.05) is 19.0 Å². The smallest absolute Gasteiger partial charge is 0.340 e. The van der Waals surface area contributed by atoms with Crippen LogP contribution in [0.5, 0.6) is 5.75 Å². The molecule has 0 aliphatic heterocycles. The summed E-state index contributed by atoms with van der Waals surface area (Å²) in [5, 5.41) is 3.54. The number of benzene rings is 2. The monoisotopic (exact) mass is 423 g/mol. The topological polar surface area (TPSA) is 94.8 Å². The third-order valence-corrected chi connectivity index (χ3v) is 5.23. The van der Waals surface area contributed by atoms with E-state index in [0.717, 1.165) is 16.8 Å². The maximum atomic E-state index is 12.4. The highest BCUT2D eigenvalue weighted by atomic mass is 16.5. The fourth-order valence-corrected chi connectivity index (χ4v) is 3.35. The Hall–Kier alpha value is -3.61. The number of hydrogen-bond donors (Lipinski definition) is 1. The van der Waals surface area contributed by atoms with Crippen molar-refractivity contribution in [3.8, 4) is 5.75 Å². The number of nitrogens with one attached hydrogen (secondary N) is 1. The zero-order valence-electron chi connectivity index (χ0n) is 18.3. The lowest BCUT2D eigenvalue weighted by Crippen LogP contribution is -2.21. The highest BCUT2D eigenvalue weighted by molar-refractivity contribution is 5.93. The predicted molar refractivity (Wildman–Crippen MR) is 118 cm³/mol. The summed E-state index contributed by atoms with van der Waals surface area (Å²) < 4.78 is 15.8. The fraction of sp³-hybridized carbons (Fsp3) is 0.292. The van der Waals surface area contributed by atoms with Crippen molar-refractivity contribution in [2.24, 2.45) is 0 Å². The first-order valence-electron chi connectivity index (χ1n) is 9.84. The summed E-state index contributed by atoms with van der Waals surface area (Å²) in [5.74, 6) is -0.368. The maximum absolute atomic E-state index is 12.4. The van der Waals surface area contributed by atoms with Crippen LogP contribution in [0.1, 0.15) is 27.8 Å². The van der Waals surface area contributed by atoms with Crippen molar-refractivity contribution < 1.29 is 23.5 Å². The van der Waals surface area contributed by atoms with E-state index in [4.69, 9.17) is 9.15 Å². The van der Waals surface area contributed by atoms with Gasteiger partial charge in [0.2, 0.25) is 0 Å². The third kappa shape index (κ3) is 4.77. The molecule has 0 aliphatic carbocycles. The average molecular weight is 423 g/mol. The Morgan fingerprint density at radius 2 is 1.77 bits per heavy atom. The van der Waals surface area contributed by atoms with Crippen LogP contribution >= 0.6 is 0 Å². The molecule has 0 fully saturated rings. The van der Waals surface area contributed by atoms with E-state index in [2.05, 4.69) is 10.1 Å². The van der Waals surface area contributed by atoms with E-state index in [9.17, 15) is 14.4 Å². The molecule has 3 rings (SSSR count). The zero-order valence-corrected chi connectivity index (χ0v) is 18.3. The van der Waals surface area contributed by atoms with Crippen molar-refractivity contribution in [1.82, 2.24) is 0 Å². The normalized spacial score (nSPS) is 10.7. The van der Waals surface area contributed by atoms with Gasteiger partial charge in [0.25, 0.3) is 5.91 Å². The SMILES string of the molecule is COC(=O)Cc1c(C)c2ccc(OCC(=O)Nc3cc(C)ccc3C)c(C)c2oc1=O. The molecule has 0 saturated heterocycles. The van der Waals surface area contributed by atoms with Crippen LogP contribution in [0, 0.1) is 27.7 Å². The Morgan fingerprint density at radius 3 is 2.48 bits per heavy atom. The van der Waals surface area contributed by atoms with Gasteiger partial charge in [-0.15, -0.1) is 0 Å². The minimum Gasteiger partial charge on any atom is -0.483 e. The quantitative estimate of drug-likeness (QED) is 0.479. The van der Waals surface area contributed by atoms with Gasteiger partial charge in [0.05, 0.1) is 19.1 Å². The van der Waals surface area contributed by atoms with E-state index in [1.54, 1.807) is 26.0 Å². The number of ether oxygens (including phenoxy) is 2. The number of rotatable bonds is 6. The molecule has 7 heteroatoms. The number of esters is 1. The van der Waals surface area contributed by atoms with Gasteiger partial charge in [-0.1, -0.05) is 12.1 Å². The Morgan fingerprint density at radius 1 is 1.03 bits per heavy atom. The van der Waals surface area contributed by atoms with Crippen LogP contribution in [0.15, 0.2) is 39.5 Å². The number of carbonyl (C=O) groups excluding carboxylic acids is 2. The molecule has 7 nitrogen and oxygen atoms in total. The minimum atomic E-state index is -0.594. The Bertz CT molecular complexity index is 1220. The first-order chi connectivity index (χ1) is 14.7. The molecule has 0 aliphatic rings. The molecule has 162 valence electrons. The number of hydrogen-bond acceptors (Lipinski definition) is 6. The largest absolute Gasteiger partial charge is 0.483 e. The number of fused-ring (bicyclic) bond motifs is 1. The van der Waals surface area contributed by atoms with Gasteiger partial charge in [0.15, 0.2) is 6.61 Å². The highest BCUT2D eigenvalue weighted by Gasteiger charge is 2.18. The number of anilines is 1. The molecule has 0 radical (unpaired) electrons. The number of amides is 1. The van der Waals surface area contributed by atoms with Crippen LogP contribution in [-0.2, 0) is 20.7 Å². The van der Waals surface area contributed by atoms with E-state index < -0.39 is 11.6 Å². The van der Waals surface area contributed by atoms with Crippen LogP contribution < -0.4 is 15.7 Å². The van der Waals surface area contributed by atoms with Crippen molar-refractivity contribution in [2.45, 2.75) is 34.1 Å². The number of carbonyl (C=O) groups is 2. The highest BCUT2D eigenvalue weighted by Crippen LogP contribution is 2.29. The van der Waals surface area contributed by atoms with Gasteiger partial charge in [-0.05, 0) is 62.6 Å². The Labute approximate surface area is 180 Å². The fourth-order valence-electron chi connectivity index (χ4n) is 3.35. The van der Waals surface area contributed by atoms with Gasteiger partial charge < -0.3 is 19.2 Å². The maximum Gasteiger partial charge on any atom is 0.340 e. The van der Waals surface area contributed by atoms with E-state index in [1.165, 1.54) is 7.11 Å². The molecular formula is C24H25NO6. The van der Waals surface area contributed by atoms with Gasteiger partial charge in [0.1, 0.15) is 11.3 Å². The second-order valence-corrected chi connectivity index (χ2v) is 7.47. The third-order valence-electron chi connectivity index (χ3n) is 5.23. The van der Waals surface area contributed by atoms with Gasteiger partial charge in [-0.2, -0.15) is 0 Å². The minimum absolute atomic E-state index is 0.156. The Kier molecular flexibility index (Phi) is 6.44. The van der Waals surface area contributed by atoms with Crippen LogP contribution in [0.3, 0.4) is 0 Å². The lowest BCUT2D eigenvalue weighted by molar-refractivity contribution is -0.139. The summed E-state index contributed by atoms with van der Waals surface area (Å²) >= 11 is 0. The van der Waals surface area contributed by atoms with Crippen molar-refractivity contribution in [3.05, 3.63) is 68.6 Å². The van der Waals surface area contributed by atoms with Gasteiger partial charge in [-0.25, -0.2) is 4.79 Å². The molecule has 31 heavy (non-hydrogen) atoms. The molecule has 0 bridgehead atoms. The second kappa shape index (κ2) is 9.04. The number of aryl methyl sites for hydroxylation is 4. The van der Waals surface area contributed by atoms with Gasteiger partial charge in [-0.3, -0.25) is 9.59 Å². The lowest BCUT2D eigenvalue weighted by Gasteiger charge is -2.14. The first kappa shape index (κ1) is 22.1. The van der Waals surface area contributed by atoms with Crippen molar-refractivity contribution >= 4 is 28.5 Å². The summed E-state index contributed by atoms with van der Waals surface area (Å²) in [5.41, 5.74) is 4.03. The summed E-state index contributed by atoms with van der Waals surface area (Å²) in [4.78, 5) is 36.4. The molecule has 1 amide bonds. The number of methoxy groups -OCH3 is 1. The first-order valence-corrected chi connectivity index (χ1v) is 9.84. The summed E-state index contributed by atoms with van der Waals surface area (Å²) in [6, 6.07) is 9.29. The van der Waals surface area contributed by atoms with Crippen LogP contribution in [0.4, 0.5) is 5.69 Å². The molecular weight excluding hydrogens is 398 g/mol. The molecule has 1 N–H and O–H groups in total. The predicted octanol–water partition coefficient (Wildman–Crippen LogP) is 3.76. The van der Waals surface area contributed by atoms with E-state index in [0.29, 0.717) is 27.8 Å². The summed E-state index contributed by atoms with van der Waals surface area (Å²) in [6.07, 6.45) is -0.156. The molecule has 1 aromatic heterocycles. The molecule has 0 saturated carbocycles. The van der Waals surface area contributed by atoms with Crippen LogP contribution in [0.2, 0.25) is 0 Å². The molecule has 3 aromatic rings. The average Bonchev–Trinajstić information content (AvgIpc) is 2.73. The molecule has 0 unspecified atom stereocenters. The van der Waals surface area contributed by atoms with E-state index in [-0.39, 0.29) is 24.5 Å². The molecule has 0 atom stereocenters. The summed E-state index contributed by atoms with van der Waals surface area (Å²) in [6.45, 7) is 7.19. The molecule has 0 spiro atoms. The van der Waals surface area contributed by atoms with Crippen LogP contribution in [0.25, 0.3) is 11.0 Å². The van der Waals surface area contributed by atoms with Crippen LogP contribution in [-0.4, -0.2) is 25.6 Å². The van der Waals surface area contributed by atoms with E-state index >= 15 is 0 Å². The van der Waals surface area contributed by atoms with Crippen molar-refractivity contribution in [3.63, 3.8) is 0 Å². The van der Waals surface area contributed by atoms with Gasteiger partial charge >= 0.3 is 11.6 Å². The zero-order chi connectivity index (χ0) is 22.7. The van der Waals surface area contributed by atoms with Crippen molar-refractivity contribution in [1.29, 1.82) is 0 Å². The second-order valence-electron chi connectivity index (χ2n) is 7.47. The molecule has 1 heterocycles. The Balaban J connectivity index is 1.82. The standard InChI is InChI=1S/C24H25NO6/c1-13-6-7-14(2)19(10-13)25-21(26)12-30-20-9-8-17-15(3)18(11-22(27)29-5)24(28)31-23(17)16(20)4/h6-10H,11-12H2,1-5H3,(H,25,26).